The molecular weight excluding hydrogens is 354 g/mol. The van der Waals surface area contributed by atoms with E-state index in [-0.39, 0.29) is 5.54 Å². The third-order valence-corrected chi connectivity index (χ3v) is 6.06. The first-order valence-electron chi connectivity index (χ1n) is 10.7. The van der Waals surface area contributed by atoms with Crippen LogP contribution < -0.4 is 10.6 Å². The van der Waals surface area contributed by atoms with Crippen LogP contribution in [0.3, 0.4) is 0 Å². The molecular formula is C20H37N7O. The number of nitrogens with one attached hydrogen (secondary N) is 2. The molecule has 1 aromatic heterocycles. The van der Waals surface area contributed by atoms with Crippen molar-refractivity contribution < 1.29 is 4.74 Å². The minimum atomic E-state index is 0.0418. The third-order valence-electron chi connectivity index (χ3n) is 6.06. The van der Waals surface area contributed by atoms with Gasteiger partial charge in [0.15, 0.2) is 11.8 Å². The van der Waals surface area contributed by atoms with Crippen LogP contribution in [0.5, 0.6) is 0 Å². The van der Waals surface area contributed by atoms with Gasteiger partial charge in [-0.15, -0.1) is 10.2 Å². The highest BCUT2D eigenvalue weighted by molar-refractivity contribution is 5.80. The van der Waals surface area contributed by atoms with Gasteiger partial charge in [-0.3, -0.25) is 4.90 Å². The van der Waals surface area contributed by atoms with Crippen LogP contribution in [0.25, 0.3) is 0 Å². The fourth-order valence-electron chi connectivity index (χ4n) is 3.91. The maximum Gasteiger partial charge on any atom is 0.191 e. The molecule has 8 nitrogen and oxygen atoms in total. The zero-order valence-electron chi connectivity index (χ0n) is 18.0. The monoisotopic (exact) mass is 391 g/mol. The van der Waals surface area contributed by atoms with E-state index in [2.05, 4.69) is 39.6 Å². The number of rotatable bonds is 6. The number of hydrogen-bond acceptors (Lipinski definition) is 5. The standard InChI is InChI=1S/C20H37N7O/c1-16-24-25-18(26(16)4)14-21-19(23-17-8-6-5-7-9-17)22-15-20(2,3)27-10-12-28-13-11-27/h17H,5-15H2,1-4H3,(H2,21,22,23). The maximum absolute atomic E-state index is 5.51. The Morgan fingerprint density at radius 2 is 1.89 bits per heavy atom. The second-order valence-corrected chi connectivity index (χ2v) is 8.63. The molecule has 1 aromatic rings. The van der Waals surface area contributed by atoms with Crippen molar-refractivity contribution in [2.24, 2.45) is 12.0 Å². The van der Waals surface area contributed by atoms with E-state index >= 15 is 0 Å². The predicted molar refractivity (Wildman–Crippen MR) is 111 cm³/mol. The normalized spacial score (nSPS) is 20.4. The van der Waals surface area contributed by atoms with Crippen LogP contribution in [0.2, 0.25) is 0 Å². The minimum Gasteiger partial charge on any atom is -0.379 e. The Hall–Kier alpha value is -1.67. The van der Waals surface area contributed by atoms with E-state index < -0.39 is 0 Å². The van der Waals surface area contributed by atoms with Gasteiger partial charge in [0.25, 0.3) is 0 Å². The number of aliphatic imine (C=N–C) groups is 1. The van der Waals surface area contributed by atoms with Crippen LogP contribution in [0, 0.1) is 6.92 Å². The number of morpholine rings is 1. The number of aromatic nitrogens is 3. The fraction of sp³-hybridized carbons (Fsp3) is 0.850. The molecule has 0 atom stereocenters. The van der Waals surface area contributed by atoms with Gasteiger partial charge in [0.05, 0.1) is 13.2 Å². The molecule has 0 radical (unpaired) electrons. The molecule has 0 spiro atoms. The van der Waals surface area contributed by atoms with E-state index in [1.54, 1.807) is 0 Å². The van der Waals surface area contributed by atoms with E-state index in [9.17, 15) is 0 Å². The molecule has 1 aliphatic heterocycles. The molecule has 2 fully saturated rings. The average Bonchev–Trinajstić information content (AvgIpc) is 3.03. The van der Waals surface area contributed by atoms with E-state index in [0.717, 1.165) is 50.5 Å². The van der Waals surface area contributed by atoms with Crippen LogP contribution in [0.1, 0.15) is 57.6 Å². The van der Waals surface area contributed by atoms with Gasteiger partial charge < -0.3 is 19.9 Å². The summed E-state index contributed by atoms with van der Waals surface area (Å²) in [5, 5.41) is 15.7. The first-order valence-corrected chi connectivity index (χ1v) is 10.7. The Morgan fingerprint density at radius 1 is 1.18 bits per heavy atom. The van der Waals surface area contributed by atoms with E-state index in [0.29, 0.717) is 12.6 Å². The molecule has 1 aliphatic carbocycles. The largest absolute Gasteiger partial charge is 0.379 e. The minimum absolute atomic E-state index is 0.0418. The van der Waals surface area contributed by atoms with Gasteiger partial charge in [0.2, 0.25) is 0 Å². The lowest BCUT2D eigenvalue weighted by molar-refractivity contribution is -0.00835. The van der Waals surface area contributed by atoms with Gasteiger partial charge in [0.1, 0.15) is 12.4 Å². The van der Waals surface area contributed by atoms with Gasteiger partial charge in [-0.1, -0.05) is 19.3 Å². The zero-order valence-corrected chi connectivity index (χ0v) is 18.0. The first-order chi connectivity index (χ1) is 13.5. The van der Waals surface area contributed by atoms with Gasteiger partial charge >= 0.3 is 0 Å². The highest BCUT2D eigenvalue weighted by atomic mass is 16.5. The van der Waals surface area contributed by atoms with E-state index in [1.165, 1.54) is 32.1 Å². The van der Waals surface area contributed by atoms with Gasteiger partial charge in [-0.05, 0) is 33.6 Å². The lowest BCUT2D eigenvalue weighted by Gasteiger charge is -2.41. The predicted octanol–water partition coefficient (Wildman–Crippen LogP) is 1.60. The quantitative estimate of drug-likeness (QED) is 0.566. The Labute approximate surface area is 169 Å². The SMILES string of the molecule is Cc1nnc(CN=C(NCC(C)(C)N2CCOCC2)NC2CCCCC2)n1C. The van der Waals surface area contributed by atoms with Crippen molar-refractivity contribution in [3.63, 3.8) is 0 Å². The topological polar surface area (TPSA) is 79.6 Å². The highest BCUT2D eigenvalue weighted by Crippen LogP contribution is 2.18. The summed E-state index contributed by atoms with van der Waals surface area (Å²) in [7, 11) is 1.99. The molecule has 2 heterocycles. The highest BCUT2D eigenvalue weighted by Gasteiger charge is 2.28. The average molecular weight is 392 g/mol. The number of nitrogens with zero attached hydrogens (tertiary/aromatic N) is 5. The third kappa shape index (κ3) is 5.67. The fourth-order valence-corrected chi connectivity index (χ4v) is 3.91. The second kappa shape index (κ2) is 9.69. The van der Waals surface area contributed by atoms with Gasteiger partial charge in [-0.2, -0.15) is 0 Å². The van der Waals surface area contributed by atoms with Crippen molar-refractivity contribution in [1.82, 2.24) is 30.3 Å². The molecule has 2 N–H and O–H groups in total. The van der Waals surface area contributed by atoms with Crippen molar-refractivity contribution >= 4 is 5.96 Å². The molecule has 0 unspecified atom stereocenters. The second-order valence-electron chi connectivity index (χ2n) is 8.63. The molecule has 158 valence electrons. The molecule has 3 rings (SSSR count). The van der Waals surface area contributed by atoms with Crippen LogP contribution in [0.4, 0.5) is 0 Å². The zero-order chi connectivity index (χ0) is 20.0. The molecule has 0 amide bonds. The van der Waals surface area contributed by atoms with Crippen molar-refractivity contribution in [1.29, 1.82) is 0 Å². The summed E-state index contributed by atoms with van der Waals surface area (Å²) < 4.78 is 7.51. The Balaban J connectivity index is 1.64. The lowest BCUT2D eigenvalue weighted by Crippen LogP contribution is -2.57. The summed E-state index contributed by atoms with van der Waals surface area (Å²) in [5.74, 6) is 2.68. The summed E-state index contributed by atoms with van der Waals surface area (Å²) >= 11 is 0. The van der Waals surface area contributed by atoms with E-state index in [4.69, 9.17) is 9.73 Å². The van der Waals surface area contributed by atoms with Crippen molar-refractivity contribution in [3.05, 3.63) is 11.6 Å². The summed E-state index contributed by atoms with van der Waals surface area (Å²) in [6.45, 7) is 11.5. The Kier molecular flexibility index (Phi) is 7.29. The van der Waals surface area contributed by atoms with Crippen molar-refractivity contribution in [2.75, 3.05) is 32.8 Å². The summed E-state index contributed by atoms with van der Waals surface area (Å²) in [5.41, 5.74) is 0.0418. The van der Waals surface area contributed by atoms with Crippen LogP contribution in [-0.2, 0) is 18.3 Å². The molecule has 0 aromatic carbocycles. The Morgan fingerprint density at radius 3 is 2.54 bits per heavy atom. The maximum atomic E-state index is 5.51. The molecule has 28 heavy (non-hydrogen) atoms. The number of guanidine groups is 1. The van der Waals surface area contributed by atoms with Gasteiger partial charge in [-0.25, -0.2) is 4.99 Å². The van der Waals surface area contributed by atoms with Crippen LogP contribution >= 0.6 is 0 Å². The number of ether oxygens (including phenoxy) is 1. The van der Waals surface area contributed by atoms with Gasteiger partial charge in [0, 0.05) is 38.3 Å². The molecule has 2 aliphatic rings. The first kappa shape index (κ1) is 21.0. The van der Waals surface area contributed by atoms with E-state index in [1.807, 2.05) is 18.5 Å². The molecule has 0 bridgehead atoms. The van der Waals surface area contributed by atoms with Crippen molar-refractivity contribution in [3.8, 4) is 0 Å². The summed E-state index contributed by atoms with van der Waals surface area (Å²) in [6.07, 6.45) is 6.38. The molecule has 1 saturated heterocycles. The molecule has 1 saturated carbocycles. The van der Waals surface area contributed by atoms with Crippen molar-refractivity contribution in [2.45, 2.75) is 71.0 Å². The smallest absolute Gasteiger partial charge is 0.191 e. The summed E-state index contributed by atoms with van der Waals surface area (Å²) in [4.78, 5) is 7.33. The molecule has 8 heteroatoms. The van der Waals surface area contributed by atoms with Crippen LogP contribution in [0.15, 0.2) is 4.99 Å². The number of hydrogen-bond donors (Lipinski definition) is 2. The van der Waals surface area contributed by atoms with Crippen LogP contribution in [-0.4, -0.2) is 70.1 Å². The summed E-state index contributed by atoms with van der Waals surface area (Å²) in [6, 6.07) is 0.507. The number of aryl methyl sites for hydroxylation is 1. The Bertz CT molecular complexity index is 643. The lowest BCUT2D eigenvalue weighted by atomic mass is 9.96.